The highest BCUT2D eigenvalue weighted by atomic mass is 16.6. The highest BCUT2D eigenvalue weighted by Crippen LogP contribution is 2.33. The number of non-ortho nitro benzene ring substituents is 1. The van der Waals surface area contributed by atoms with Crippen molar-refractivity contribution in [1.29, 1.82) is 0 Å². The van der Waals surface area contributed by atoms with Gasteiger partial charge >= 0.3 is 12.1 Å². The fraction of sp³-hybridized carbons (Fsp3) is 0.120. The molecule has 0 aromatic heterocycles. The van der Waals surface area contributed by atoms with Gasteiger partial charge in [0.15, 0.2) is 0 Å². The van der Waals surface area contributed by atoms with Crippen LogP contribution < -0.4 is 15.4 Å². The van der Waals surface area contributed by atoms with Crippen LogP contribution in [0.4, 0.5) is 16.2 Å². The van der Waals surface area contributed by atoms with E-state index in [2.05, 4.69) is 10.6 Å². The van der Waals surface area contributed by atoms with Crippen LogP contribution in [-0.2, 0) is 16.1 Å². The van der Waals surface area contributed by atoms with Crippen molar-refractivity contribution >= 4 is 29.0 Å². The first-order valence-corrected chi connectivity index (χ1v) is 10.4. The number of nitrogens with zero attached hydrogens (tertiary/aromatic N) is 2. The summed E-state index contributed by atoms with van der Waals surface area (Å²) in [5, 5.41) is 17.7. The van der Waals surface area contributed by atoms with Crippen molar-refractivity contribution in [1.82, 2.24) is 10.6 Å². The molecule has 1 amide bonds. The molecule has 1 atom stereocenters. The number of nitro groups is 1. The number of para-hydroxylation sites is 1. The molecular weight excluding hydrogens is 438 g/mol. The van der Waals surface area contributed by atoms with E-state index in [0.717, 1.165) is 22.4 Å². The minimum Gasteiger partial charge on any atom is -0.445 e. The monoisotopic (exact) mass is 458 g/mol. The Morgan fingerprint density at radius 1 is 0.971 bits per heavy atom. The van der Waals surface area contributed by atoms with E-state index in [4.69, 9.17) is 9.47 Å². The second-order valence-corrected chi connectivity index (χ2v) is 7.44. The molecule has 0 saturated heterocycles. The lowest BCUT2D eigenvalue weighted by Gasteiger charge is -2.18. The second kappa shape index (κ2) is 10.3. The van der Waals surface area contributed by atoms with Gasteiger partial charge in [0.2, 0.25) is 0 Å². The van der Waals surface area contributed by atoms with Crippen molar-refractivity contribution in [2.24, 2.45) is 0 Å². The maximum atomic E-state index is 13.0. The predicted molar refractivity (Wildman–Crippen MR) is 123 cm³/mol. The number of benzene rings is 3. The molecular formula is C25H20N3O6. The fourth-order valence-corrected chi connectivity index (χ4v) is 3.38. The average Bonchev–Trinajstić information content (AvgIpc) is 3.26. The van der Waals surface area contributed by atoms with Crippen molar-refractivity contribution in [3.8, 4) is 5.75 Å². The Morgan fingerprint density at radius 3 is 2.41 bits per heavy atom. The van der Waals surface area contributed by atoms with Gasteiger partial charge in [0.1, 0.15) is 18.4 Å². The number of alkyl carbamates (subject to hydrolysis) is 1. The topological polar surface area (TPSA) is 122 Å². The predicted octanol–water partition coefficient (Wildman–Crippen LogP) is 4.48. The van der Waals surface area contributed by atoms with E-state index in [1.807, 2.05) is 54.6 Å². The van der Waals surface area contributed by atoms with E-state index in [9.17, 15) is 19.7 Å². The molecule has 1 aliphatic heterocycles. The zero-order valence-corrected chi connectivity index (χ0v) is 17.9. The third-order valence-electron chi connectivity index (χ3n) is 5.09. The van der Waals surface area contributed by atoms with Crippen LogP contribution in [0.25, 0.3) is 5.57 Å². The molecule has 0 bridgehead atoms. The maximum absolute atomic E-state index is 13.0. The van der Waals surface area contributed by atoms with Gasteiger partial charge in [-0.2, -0.15) is 0 Å². The first-order valence-electron chi connectivity index (χ1n) is 10.4. The second-order valence-electron chi connectivity index (χ2n) is 7.44. The molecule has 0 unspecified atom stereocenters. The van der Waals surface area contributed by atoms with Crippen LogP contribution in [0.1, 0.15) is 17.5 Å². The van der Waals surface area contributed by atoms with Gasteiger partial charge in [0.25, 0.3) is 5.69 Å². The van der Waals surface area contributed by atoms with Crippen molar-refractivity contribution in [3.05, 3.63) is 106 Å². The summed E-state index contributed by atoms with van der Waals surface area (Å²) in [6, 6.07) is 20.6. The number of carbonyl (C=O) groups is 2. The van der Waals surface area contributed by atoms with Gasteiger partial charge in [0.05, 0.1) is 10.6 Å². The summed E-state index contributed by atoms with van der Waals surface area (Å²) in [6.45, 7) is 0.0393. The summed E-state index contributed by atoms with van der Waals surface area (Å²) in [7, 11) is 0. The Bertz CT molecular complexity index is 1220. The molecule has 1 heterocycles. The summed E-state index contributed by atoms with van der Waals surface area (Å²) in [6.07, 6.45) is 0.985. The van der Waals surface area contributed by atoms with Crippen LogP contribution in [-0.4, -0.2) is 23.0 Å². The van der Waals surface area contributed by atoms with Crippen molar-refractivity contribution < 1.29 is 24.0 Å². The Balaban J connectivity index is 1.46. The van der Waals surface area contributed by atoms with Crippen LogP contribution in [0.3, 0.4) is 0 Å². The van der Waals surface area contributed by atoms with E-state index in [0.29, 0.717) is 0 Å². The van der Waals surface area contributed by atoms with E-state index in [1.54, 1.807) is 6.20 Å². The number of nitro benzene ring substituents is 1. The fourth-order valence-electron chi connectivity index (χ4n) is 3.38. The Hall–Kier alpha value is -4.66. The van der Waals surface area contributed by atoms with Gasteiger partial charge in [-0.25, -0.2) is 9.59 Å². The molecule has 1 radical (unpaired) electrons. The first kappa shape index (κ1) is 22.5. The van der Waals surface area contributed by atoms with Crippen LogP contribution in [0.2, 0.25) is 0 Å². The number of carbonyl (C=O) groups excluding carboxylic acids is 2. The minimum atomic E-state index is -1.08. The smallest absolute Gasteiger partial charge is 0.408 e. The molecule has 4 rings (SSSR count). The summed E-state index contributed by atoms with van der Waals surface area (Å²) >= 11 is 0. The zero-order chi connectivity index (χ0) is 23.9. The average molecular weight is 458 g/mol. The normalized spacial score (nSPS) is 12.5. The number of hydrogen-bond donors (Lipinski definition) is 1. The number of hydrogen-bond acceptors (Lipinski definition) is 6. The molecule has 0 spiro atoms. The Labute approximate surface area is 195 Å². The van der Waals surface area contributed by atoms with Gasteiger partial charge in [-0.1, -0.05) is 48.5 Å². The summed E-state index contributed by atoms with van der Waals surface area (Å²) in [5.74, 6) is -0.624. The molecule has 9 nitrogen and oxygen atoms in total. The summed E-state index contributed by atoms with van der Waals surface area (Å²) in [4.78, 5) is 35.7. The number of amides is 1. The molecule has 9 heteroatoms. The highest BCUT2D eigenvalue weighted by molar-refractivity contribution is 5.87. The lowest BCUT2D eigenvalue weighted by molar-refractivity contribution is -0.384. The number of ether oxygens (including phenoxy) is 2. The third-order valence-corrected chi connectivity index (χ3v) is 5.09. The minimum absolute atomic E-state index is 0.0393. The number of esters is 1. The van der Waals surface area contributed by atoms with Crippen LogP contribution in [0.5, 0.6) is 5.75 Å². The summed E-state index contributed by atoms with van der Waals surface area (Å²) < 4.78 is 10.6. The van der Waals surface area contributed by atoms with E-state index in [-0.39, 0.29) is 24.5 Å². The van der Waals surface area contributed by atoms with Crippen LogP contribution in [0, 0.1) is 10.1 Å². The molecule has 3 aromatic carbocycles. The number of rotatable bonds is 8. The molecule has 34 heavy (non-hydrogen) atoms. The molecule has 0 fully saturated rings. The molecule has 171 valence electrons. The number of fused-ring (bicyclic) bond motifs is 1. The number of nitrogens with one attached hydrogen (secondary N) is 1. The summed E-state index contributed by atoms with van der Waals surface area (Å²) in [5.41, 5.74) is 3.05. The largest absolute Gasteiger partial charge is 0.445 e. The van der Waals surface area contributed by atoms with Gasteiger partial charge in [-0.3, -0.25) is 15.4 Å². The van der Waals surface area contributed by atoms with E-state index >= 15 is 0 Å². The molecule has 3 aromatic rings. The molecule has 0 saturated carbocycles. The molecule has 0 aliphatic carbocycles. The Morgan fingerprint density at radius 2 is 1.68 bits per heavy atom. The van der Waals surface area contributed by atoms with Crippen molar-refractivity contribution in [2.75, 3.05) is 0 Å². The lowest BCUT2D eigenvalue weighted by Crippen LogP contribution is -2.43. The highest BCUT2D eigenvalue weighted by Gasteiger charge is 2.28. The van der Waals surface area contributed by atoms with Gasteiger partial charge < -0.3 is 14.8 Å². The van der Waals surface area contributed by atoms with Gasteiger partial charge in [-0.15, -0.1) is 0 Å². The lowest BCUT2D eigenvalue weighted by atomic mass is 10.00. The van der Waals surface area contributed by atoms with E-state index < -0.39 is 23.0 Å². The van der Waals surface area contributed by atoms with Crippen molar-refractivity contribution in [2.45, 2.75) is 19.1 Å². The van der Waals surface area contributed by atoms with Gasteiger partial charge in [-0.05, 0) is 29.3 Å². The van der Waals surface area contributed by atoms with E-state index in [1.165, 1.54) is 24.3 Å². The third kappa shape index (κ3) is 5.57. The van der Waals surface area contributed by atoms with Gasteiger partial charge in [0, 0.05) is 30.3 Å². The molecule has 1 N–H and O–H groups in total. The zero-order valence-electron chi connectivity index (χ0n) is 17.9. The standard InChI is InChI=1S/C25H20N3O6/c29-24(34-20-12-10-19(11-13-20)28(31)32)23(14-18-15-26-22-9-5-4-8-21(18)22)27-25(30)33-16-17-6-2-1-3-7-17/h1-13,15,23H,14,16H2,(H,27,30)/t23-/m1/s1. The van der Waals surface area contributed by atoms with Crippen LogP contribution in [0.15, 0.2) is 85.1 Å². The maximum Gasteiger partial charge on any atom is 0.408 e. The van der Waals surface area contributed by atoms with Crippen molar-refractivity contribution in [3.63, 3.8) is 0 Å². The Kier molecular flexibility index (Phi) is 6.83. The quantitative estimate of drug-likeness (QED) is 0.230. The SMILES string of the molecule is O=C(N[C@H](CC1=C[N]c2ccccc21)C(=O)Oc1ccc([N+](=O)[O-])cc1)OCc1ccccc1. The van der Waals surface area contributed by atoms with Crippen LogP contribution >= 0.6 is 0 Å². The first-order chi connectivity index (χ1) is 16.5. The molecule has 1 aliphatic rings.